The Kier molecular flexibility index (Phi) is 3.33. The summed E-state index contributed by atoms with van der Waals surface area (Å²) in [5.41, 5.74) is 0.214. The summed E-state index contributed by atoms with van der Waals surface area (Å²) in [5, 5.41) is 13.1. The Morgan fingerprint density at radius 3 is 2.81 bits per heavy atom. The van der Waals surface area contributed by atoms with Crippen molar-refractivity contribution in [1.29, 1.82) is 0 Å². The summed E-state index contributed by atoms with van der Waals surface area (Å²) in [7, 11) is 0. The Hall–Kier alpha value is -2.80. The van der Waals surface area contributed by atoms with Crippen LogP contribution in [0.2, 0.25) is 0 Å². The summed E-state index contributed by atoms with van der Waals surface area (Å²) in [5.74, 6) is -0.305. The Morgan fingerprint density at radius 1 is 1.24 bits per heavy atom. The van der Waals surface area contributed by atoms with Crippen molar-refractivity contribution < 1.29 is 14.5 Å². The van der Waals surface area contributed by atoms with E-state index in [1.54, 1.807) is 29.6 Å². The molecule has 2 heterocycles. The summed E-state index contributed by atoms with van der Waals surface area (Å²) in [4.78, 5) is 27.0. The summed E-state index contributed by atoms with van der Waals surface area (Å²) < 4.78 is 5.29. The molecular formula is C14H8N2O4S. The van der Waals surface area contributed by atoms with Gasteiger partial charge in [-0.2, -0.15) is 0 Å². The van der Waals surface area contributed by atoms with Gasteiger partial charge < -0.3 is 4.74 Å². The maximum Gasteiger partial charge on any atom is 0.353 e. The highest BCUT2D eigenvalue weighted by Crippen LogP contribution is 2.31. The van der Waals surface area contributed by atoms with Crippen LogP contribution in [-0.2, 0) is 0 Å². The number of fused-ring (bicyclic) bond motifs is 1. The van der Waals surface area contributed by atoms with E-state index in [0.29, 0.717) is 10.3 Å². The lowest BCUT2D eigenvalue weighted by atomic mass is 10.1. The molecule has 0 unspecified atom stereocenters. The van der Waals surface area contributed by atoms with Gasteiger partial charge in [-0.05, 0) is 29.6 Å². The predicted molar refractivity (Wildman–Crippen MR) is 77.7 cm³/mol. The molecule has 0 atom stereocenters. The quantitative estimate of drug-likeness (QED) is 0.320. The van der Waals surface area contributed by atoms with E-state index in [1.807, 2.05) is 0 Å². The van der Waals surface area contributed by atoms with E-state index in [1.165, 1.54) is 29.7 Å². The molecule has 7 heteroatoms. The number of esters is 1. The number of carbonyl (C=O) groups excluding carboxylic acids is 1. The second-order valence-corrected chi connectivity index (χ2v) is 5.05. The van der Waals surface area contributed by atoms with E-state index < -0.39 is 10.9 Å². The molecule has 104 valence electrons. The van der Waals surface area contributed by atoms with Crippen LogP contribution in [0.5, 0.6) is 5.75 Å². The highest BCUT2D eigenvalue weighted by molar-refractivity contribution is 7.12. The summed E-state index contributed by atoms with van der Waals surface area (Å²) in [6, 6.07) is 9.25. The van der Waals surface area contributed by atoms with Gasteiger partial charge in [0, 0.05) is 12.3 Å². The molecule has 3 aromatic rings. The molecule has 21 heavy (non-hydrogen) atoms. The SMILES string of the molecule is O=C(Oc1ccc([N+](=O)[O-])c2cccnc12)c1cccs1. The lowest BCUT2D eigenvalue weighted by Gasteiger charge is -2.06. The van der Waals surface area contributed by atoms with E-state index in [0.717, 1.165) is 0 Å². The number of aromatic nitrogens is 1. The van der Waals surface area contributed by atoms with Gasteiger partial charge in [0.15, 0.2) is 5.75 Å². The second kappa shape index (κ2) is 5.29. The molecule has 0 radical (unpaired) electrons. The van der Waals surface area contributed by atoms with Gasteiger partial charge in [-0.25, -0.2) is 4.79 Å². The number of hydrogen-bond acceptors (Lipinski definition) is 6. The van der Waals surface area contributed by atoms with Gasteiger partial charge in [0.2, 0.25) is 0 Å². The van der Waals surface area contributed by atoms with Crippen LogP contribution < -0.4 is 4.74 Å². The van der Waals surface area contributed by atoms with Crippen LogP contribution in [0.3, 0.4) is 0 Å². The van der Waals surface area contributed by atoms with E-state index in [-0.39, 0.29) is 17.0 Å². The molecular weight excluding hydrogens is 292 g/mol. The normalized spacial score (nSPS) is 10.5. The van der Waals surface area contributed by atoms with Crippen molar-refractivity contribution >= 4 is 33.9 Å². The number of rotatable bonds is 3. The van der Waals surface area contributed by atoms with Crippen molar-refractivity contribution in [3.8, 4) is 5.75 Å². The maximum absolute atomic E-state index is 12.0. The molecule has 6 nitrogen and oxygen atoms in total. The number of non-ortho nitro benzene ring substituents is 1. The summed E-state index contributed by atoms with van der Waals surface area (Å²) in [6.07, 6.45) is 1.49. The van der Waals surface area contributed by atoms with Gasteiger partial charge in [0.05, 0.1) is 10.3 Å². The molecule has 0 spiro atoms. The average molecular weight is 300 g/mol. The number of carbonyl (C=O) groups is 1. The molecule has 0 amide bonds. The standard InChI is InChI=1S/C14H8N2O4S/c17-14(12-4-2-8-21-12)20-11-6-5-10(16(18)19)9-3-1-7-15-13(9)11/h1-8H. The van der Waals surface area contributed by atoms with Gasteiger partial charge in [-0.15, -0.1) is 11.3 Å². The Morgan fingerprint density at radius 2 is 2.10 bits per heavy atom. The Balaban J connectivity index is 2.06. The third kappa shape index (κ3) is 2.46. The maximum atomic E-state index is 12.0. The van der Waals surface area contributed by atoms with Crippen LogP contribution in [0.4, 0.5) is 5.69 Å². The summed E-state index contributed by atoms with van der Waals surface area (Å²) >= 11 is 1.26. The van der Waals surface area contributed by atoms with E-state index >= 15 is 0 Å². The number of pyridine rings is 1. The van der Waals surface area contributed by atoms with Crippen LogP contribution in [0, 0.1) is 10.1 Å². The molecule has 0 N–H and O–H groups in total. The molecule has 0 bridgehead atoms. The fourth-order valence-corrected chi connectivity index (χ4v) is 2.52. The van der Waals surface area contributed by atoms with Crippen LogP contribution >= 0.6 is 11.3 Å². The topological polar surface area (TPSA) is 82.3 Å². The van der Waals surface area contributed by atoms with E-state index in [4.69, 9.17) is 4.74 Å². The first kappa shape index (κ1) is 13.2. The Bertz CT molecular complexity index is 830. The monoisotopic (exact) mass is 300 g/mol. The fraction of sp³-hybridized carbons (Fsp3) is 0. The van der Waals surface area contributed by atoms with Crippen molar-refractivity contribution in [1.82, 2.24) is 4.98 Å². The molecule has 0 aliphatic carbocycles. The van der Waals surface area contributed by atoms with Crippen LogP contribution in [0.1, 0.15) is 9.67 Å². The molecule has 1 aromatic carbocycles. The largest absolute Gasteiger partial charge is 0.420 e. The highest BCUT2D eigenvalue weighted by atomic mass is 32.1. The van der Waals surface area contributed by atoms with Crippen molar-refractivity contribution in [2.45, 2.75) is 0 Å². The van der Waals surface area contributed by atoms with Crippen LogP contribution in [0.15, 0.2) is 48.0 Å². The van der Waals surface area contributed by atoms with Gasteiger partial charge in [-0.3, -0.25) is 15.1 Å². The van der Waals surface area contributed by atoms with Gasteiger partial charge >= 0.3 is 5.97 Å². The zero-order valence-corrected chi connectivity index (χ0v) is 11.4. The van der Waals surface area contributed by atoms with Crippen LogP contribution in [0.25, 0.3) is 10.9 Å². The number of ether oxygens (including phenoxy) is 1. The first-order valence-corrected chi connectivity index (χ1v) is 6.82. The van der Waals surface area contributed by atoms with Crippen LogP contribution in [-0.4, -0.2) is 15.9 Å². The molecule has 0 aliphatic heterocycles. The van der Waals surface area contributed by atoms with E-state index in [9.17, 15) is 14.9 Å². The highest BCUT2D eigenvalue weighted by Gasteiger charge is 2.18. The third-order valence-electron chi connectivity index (χ3n) is 2.83. The minimum Gasteiger partial charge on any atom is -0.420 e. The van der Waals surface area contributed by atoms with Gasteiger partial charge in [0.25, 0.3) is 5.69 Å². The summed E-state index contributed by atoms with van der Waals surface area (Å²) in [6.45, 7) is 0. The van der Waals surface area contributed by atoms with Crippen molar-refractivity contribution in [3.05, 3.63) is 63.0 Å². The second-order valence-electron chi connectivity index (χ2n) is 4.11. The zero-order chi connectivity index (χ0) is 14.8. The number of nitro benzene ring substituents is 1. The molecule has 0 saturated heterocycles. The number of nitro groups is 1. The number of nitrogens with zero attached hydrogens (tertiary/aromatic N) is 2. The first-order chi connectivity index (χ1) is 10.2. The van der Waals surface area contributed by atoms with Gasteiger partial charge in [-0.1, -0.05) is 6.07 Å². The molecule has 0 aliphatic rings. The minimum atomic E-state index is -0.509. The predicted octanol–water partition coefficient (Wildman–Crippen LogP) is 3.42. The smallest absolute Gasteiger partial charge is 0.353 e. The van der Waals surface area contributed by atoms with E-state index in [2.05, 4.69) is 4.98 Å². The number of hydrogen-bond donors (Lipinski definition) is 0. The lowest BCUT2D eigenvalue weighted by molar-refractivity contribution is -0.383. The van der Waals surface area contributed by atoms with Gasteiger partial charge in [0.1, 0.15) is 10.4 Å². The average Bonchev–Trinajstić information content (AvgIpc) is 3.01. The molecule has 2 aromatic heterocycles. The first-order valence-electron chi connectivity index (χ1n) is 5.94. The molecule has 0 saturated carbocycles. The van der Waals surface area contributed by atoms with Crippen molar-refractivity contribution in [2.24, 2.45) is 0 Å². The lowest BCUT2D eigenvalue weighted by Crippen LogP contribution is -2.07. The zero-order valence-electron chi connectivity index (χ0n) is 10.6. The fourth-order valence-electron chi connectivity index (χ4n) is 1.92. The molecule has 3 rings (SSSR count). The number of thiophene rings is 1. The Labute approximate surface area is 122 Å². The molecule has 0 fully saturated rings. The minimum absolute atomic E-state index is 0.0750. The van der Waals surface area contributed by atoms with Crippen molar-refractivity contribution in [3.63, 3.8) is 0 Å². The third-order valence-corrected chi connectivity index (χ3v) is 3.68. The van der Waals surface area contributed by atoms with Crippen molar-refractivity contribution in [2.75, 3.05) is 0 Å². The number of benzene rings is 1.